The van der Waals surface area contributed by atoms with E-state index in [1.165, 1.54) is 4.90 Å². The maximum Gasteiger partial charge on any atom is 0.246 e. The Balaban J connectivity index is 2.25. The summed E-state index contributed by atoms with van der Waals surface area (Å²) in [7, 11) is -1.98. The molecule has 0 spiro atoms. The predicted octanol–water partition coefficient (Wildman–Crippen LogP) is 3.15. The fourth-order valence-electron chi connectivity index (χ4n) is 2.64. The summed E-state index contributed by atoms with van der Waals surface area (Å²) in [6.07, 6.45) is 1.09. The number of likely N-dealkylation sites (N-methyl/N-ethyl adjacent to an activating group) is 1. The molecular formula is C18H21ClN2O3S. The van der Waals surface area contributed by atoms with Gasteiger partial charge in [0.25, 0.3) is 0 Å². The highest BCUT2D eigenvalue weighted by molar-refractivity contribution is 7.92. The normalized spacial score (nSPS) is 12.5. The van der Waals surface area contributed by atoms with Crippen LogP contribution in [-0.4, -0.2) is 38.6 Å². The van der Waals surface area contributed by atoms with Crippen molar-refractivity contribution >= 4 is 33.2 Å². The average molecular weight is 381 g/mol. The molecular weight excluding hydrogens is 360 g/mol. The molecule has 2 rings (SSSR count). The molecule has 0 aromatic heterocycles. The molecule has 1 amide bonds. The smallest absolute Gasteiger partial charge is 0.246 e. The van der Waals surface area contributed by atoms with Gasteiger partial charge in [-0.05, 0) is 36.8 Å². The van der Waals surface area contributed by atoms with E-state index in [2.05, 4.69) is 0 Å². The summed E-state index contributed by atoms with van der Waals surface area (Å²) in [6, 6.07) is 15.0. The number of sulfonamides is 1. The second-order valence-corrected chi connectivity index (χ2v) is 8.19. The van der Waals surface area contributed by atoms with E-state index in [0.717, 1.165) is 16.1 Å². The van der Waals surface area contributed by atoms with E-state index in [-0.39, 0.29) is 5.91 Å². The summed E-state index contributed by atoms with van der Waals surface area (Å²) in [5.74, 6) is -0.288. The molecule has 2 aromatic rings. The first kappa shape index (κ1) is 19.3. The topological polar surface area (TPSA) is 57.7 Å². The lowest BCUT2D eigenvalue weighted by Gasteiger charge is -2.31. The molecule has 0 heterocycles. The van der Waals surface area contributed by atoms with Gasteiger partial charge in [0, 0.05) is 18.6 Å². The second kappa shape index (κ2) is 7.89. The highest BCUT2D eigenvalue weighted by Crippen LogP contribution is 2.23. The lowest BCUT2D eigenvalue weighted by Crippen LogP contribution is -2.48. The Kier molecular flexibility index (Phi) is 6.08. The van der Waals surface area contributed by atoms with Gasteiger partial charge >= 0.3 is 0 Å². The van der Waals surface area contributed by atoms with Gasteiger partial charge in [0.05, 0.1) is 11.9 Å². The Bertz CT molecular complexity index is 823. The maximum absolute atomic E-state index is 12.8. The van der Waals surface area contributed by atoms with Gasteiger partial charge in [0.1, 0.15) is 6.04 Å². The largest absolute Gasteiger partial charge is 0.340 e. The van der Waals surface area contributed by atoms with Crippen molar-refractivity contribution in [2.45, 2.75) is 19.5 Å². The molecule has 0 radical (unpaired) electrons. The first-order chi connectivity index (χ1) is 11.7. The molecule has 0 aliphatic heterocycles. The van der Waals surface area contributed by atoms with E-state index in [1.54, 1.807) is 38.2 Å². The van der Waals surface area contributed by atoms with Crippen molar-refractivity contribution in [2.75, 3.05) is 17.6 Å². The van der Waals surface area contributed by atoms with Crippen molar-refractivity contribution in [3.05, 3.63) is 65.2 Å². The van der Waals surface area contributed by atoms with Crippen molar-refractivity contribution in [3.63, 3.8) is 0 Å². The van der Waals surface area contributed by atoms with Crippen LogP contribution in [0.5, 0.6) is 0 Å². The lowest BCUT2D eigenvalue weighted by molar-refractivity contribution is -0.131. The van der Waals surface area contributed by atoms with Crippen molar-refractivity contribution in [1.82, 2.24) is 4.90 Å². The Morgan fingerprint density at radius 1 is 1.08 bits per heavy atom. The number of halogens is 1. The number of rotatable bonds is 6. The van der Waals surface area contributed by atoms with Crippen LogP contribution in [-0.2, 0) is 21.4 Å². The zero-order chi connectivity index (χ0) is 18.6. The van der Waals surface area contributed by atoms with E-state index in [0.29, 0.717) is 17.3 Å². The van der Waals surface area contributed by atoms with E-state index < -0.39 is 16.1 Å². The molecule has 25 heavy (non-hydrogen) atoms. The van der Waals surface area contributed by atoms with Crippen molar-refractivity contribution in [3.8, 4) is 0 Å². The Hall–Kier alpha value is -2.05. The zero-order valence-corrected chi connectivity index (χ0v) is 16.0. The molecule has 134 valence electrons. The molecule has 1 unspecified atom stereocenters. The first-order valence-electron chi connectivity index (χ1n) is 7.74. The zero-order valence-electron chi connectivity index (χ0n) is 14.4. The fourth-order valence-corrected chi connectivity index (χ4v) is 3.94. The number of hydrogen-bond acceptors (Lipinski definition) is 3. The summed E-state index contributed by atoms with van der Waals surface area (Å²) in [5, 5.41) is 0.498. The minimum Gasteiger partial charge on any atom is -0.340 e. The van der Waals surface area contributed by atoms with Crippen molar-refractivity contribution in [1.29, 1.82) is 0 Å². The van der Waals surface area contributed by atoms with Crippen molar-refractivity contribution < 1.29 is 13.2 Å². The van der Waals surface area contributed by atoms with Gasteiger partial charge in [0.2, 0.25) is 15.9 Å². The molecule has 0 fully saturated rings. The number of amides is 1. The van der Waals surface area contributed by atoms with Crippen LogP contribution in [0.3, 0.4) is 0 Å². The Morgan fingerprint density at radius 3 is 2.16 bits per heavy atom. The monoisotopic (exact) mass is 380 g/mol. The van der Waals surface area contributed by atoms with Crippen LogP contribution < -0.4 is 4.31 Å². The van der Waals surface area contributed by atoms with Crippen LogP contribution in [0.1, 0.15) is 12.5 Å². The summed E-state index contributed by atoms with van der Waals surface area (Å²) in [5.41, 5.74) is 1.38. The summed E-state index contributed by atoms with van der Waals surface area (Å²) >= 11 is 5.87. The SMILES string of the molecule is CC(C(=O)N(C)Cc1ccccc1)N(c1ccc(Cl)cc1)S(C)(=O)=O. The fraction of sp³-hybridized carbons (Fsp3) is 0.278. The van der Waals surface area contributed by atoms with Gasteiger partial charge in [-0.2, -0.15) is 0 Å². The molecule has 1 atom stereocenters. The maximum atomic E-state index is 12.8. The summed E-state index contributed by atoms with van der Waals surface area (Å²) < 4.78 is 25.6. The quantitative estimate of drug-likeness (QED) is 0.773. The number of nitrogens with zero attached hydrogens (tertiary/aromatic N) is 2. The third-order valence-electron chi connectivity index (χ3n) is 3.79. The molecule has 0 bridgehead atoms. The van der Waals surface area contributed by atoms with Gasteiger partial charge in [-0.1, -0.05) is 41.9 Å². The summed E-state index contributed by atoms with van der Waals surface area (Å²) in [4.78, 5) is 14.3. The number of anilines is 1. The van der Waals surface area contributed by atoms with E-state index >= 15 is 0 Å². The molecule has 0 saturated carbocycles. The van der Waals surface area contributed by atoms with Crippen LogP contribution in [0.4, 0.5) is 5.69 Å². The third-order valence-corrected chi connectivity index (χ3v) is 5.28. The average Bonchev–Trinajstić information content (AvgIpc) is 2.55. The van der Waals surface area contributed by atoms with Crippen LogP contribution in [0, 0.1) is 0 Å². The second-order valence-electron chi connectivity index (χ2n) is 5.89. The van der Waals surface area contributed by atoms with Crippen LogP contribution >= 0.6 is 11.6 Å². The van der Waals surface area contributed by atoms with E-state index in [1.807, 2.05) is 30.3 Å². The molecule has 5 nitrogen and oxygen atoms in total. The van der Waals surface area contributed by atoms with E-state index in [9.17, 15) is 13.2 Å². The van der Waals surface area contributed by atoms with Gasteiger partial charge < -0.3 is 4.90 Å². The number of hydrogen-bond donors (Lipinski definition) is 0. The van der Waals surface area contributed by atoms with Gasteiger partial charge in [-0.25, -0.2) is 8.42 Å². The minimum atomic E-state index is -3.64. The molecule has 0 aliphatic rings. The van der Waals surface area contributed by atoms with E-state index in [4.69, 9.17) is 11.6 Å². The Labute approximate surface area is 153 Å². The molecule has 7 heteroatoms. The van der Waals surface area contributed by atoms with Crippen LogP contribution in [0.15, 0.2) is 54.6 Å². The van der Waals surface area contributed by atoms with Gasteiger partial charge in [-0.3, -0.25) is 9.10 Å². The molecule has 0 N–H and O–H groups in total. The lowest BCUT2D eigenvalue weighted by atomic mass is 10.2. The highest BCUT2D eigenvalue weighted by Gasteiger charge is 2.30. The van der Waals surface area contributed by atoms with Gasteiger partial charge in [-0.15, -0.1) is 0 Å². The summed E-state index contributed by atoms with van der Waals surface area (Å²) in [6.45, 7) is 1.99. The van der Waals surface area contributed by atoms with Crippen LogP contribution in [0.2, 0.25) is 5.02 Å². The minimum absolute atomic E-state index is 0.288. The molecule has 0 aliphatic carbocycles. The number of carbonyl (C=O) groups excluding carboxylic acids is 1. The molecule has 2 aromatic carbocycles. The van der Waals surface area contributed by atoms with Gasteiger partial charge in [0.15, 0.2) is 0 Å². The number of carbonyl (C=O) groups is 1. The third kappa shape index (κ3) is 4.96. The predicted molar refractivity (Wildman–Crippen MR) is 101 cm³/mol. The Morgan fingerprint density at radius 2 is 1.64 bits per heavy atom. The number of benzene rings is 2. The first-order valence-corrected chi connectivity index (χ1v) is 9.96. The molecule has 0 saturated heterocycles. The highest BCUT2D eigenvalue weighted by atomic mass is 35.5. The van der Waals surface area contributed by atoms with Crippen molar-refractivity contribution in [2.24, 2.45) is 0 Å². The standard InChI is InChI=1S/C18H21ClN2O3S/c1-14(18(22)20(2)13-15-7-5-4-6-8-15)21(25(3,23)24)17-11-9-16(19)10-12-17/h4-12,14H,13H2,1-3H3. The van der Waals surface area contributed by atoms with Crippen LogP contribution in [0.25, 0.3) is 0 Å².